The summed E-state index contributed by atoms with van der Waals surface area (Å²) in [6, 6.07) is 5.22. The van der Waals surface area contributed by atoms with Gasteiger partial charge in [-0.3, -0.25) is 14.9 Å². The Morgan fingerprint density at radius 3 is 2.81 bits per heavy atom. The predicted molar refractivity (Wildman–Crippen MR) is 118 cm³/mol. The van der Waals surface area contributed by atoms with Crippen molar-refractivity contribution in [3.8, 4) is 5.75 Å². The molecule has 1 saturated carbocycles. The van der Waals surface area contributed by atoms with Crippen LogP contribution < -0.4 is 10.1 Å². The third-order valence-electron chi connectivity index (χ3n) is 6.46. The van der Waals surface area contributed by atoms with Crippen LogP contribution in [-0.2, 0) is 16.1 Å². The van der Waals surface area contributed by atoms with E-state index < -0.39 is 6.04 Å². The molecule has 0 radical (unpaired) electrons. The lowest BCUT2D eigenvalue weighted by molar-refractivity contribution is -0.135. The van der Waals surface area contributed by atoms with Crippen LogP contribution in [0.1, 0.15) is 50.5 Å². The fourth-order valence-electron chi connectivity index (χ4n) is 4.77. The number of benzene rings is 1. The van der Waals surface area contributed by atoms with Crippen molar-refractivity contribution < 1.29 is 24.5 Å². The van der Waals surface area contributed by atoms with Crippen LogP contribution in [0.2, 0.25) is 0 Å². The molecule has 1 unspecified atom stereocenters. The van der Waals surface area contributed by atoms with Crippen LogP contribution in [0.4, 0.5) is 5.69 Å². The number of fused-ring (bicyclic) bond motifs is 2. The van der Waals surface area contributed by atoms with Gasteiger partial charge in [0.25, 0.3) is 5.91 Å². The van der Waals surface area contributed by atoms with Gasteiger partial charge in [0.15, 0.2) is 0 Å². The maximum Gasteiger partial charge on any atom is 0.251 e. The first-order valence-electron chi connectivity index (χ1n) is 11.5. The number of nitrogens with one attached hydrogen (secondary N) is 1. The van der Waals surface area contributed by atoms with Gasteiger partial charge in [0.2, 0.25) is 11.9 Å². The van der Waals surface area contributed by atoms with Crippen molar-refractivity contribution in [1.29, 1.82) is 0 Å². The molecular weight excluding hydrogens is 412 g/mol. The van der Waals surface area contributed by atoms with Crippen molar-refractivity contribution in [1.82, 2.24) is 15.1 Å². The number of amides is 2. The topological polar surface area (TPSA) is 115 Å². The van der Waals surface area contributed by atoms with Gasteiger partial charge in [-0.2, -0.15) is 0 Å². The highest BCUT2D eigenvalue weighted by Crippen LogP contribution is 2.32. The van der Waals surface area contributed by atoms with Crippen molar-refractivity contribution in [2.24, 2.45) is 4.99 Å². The number of carbonyl (C=O) groups excluding carboxylic acids is 2. The van der Waals surface area contributed by atoms with Gasteiger partial charge in [0.05, 0.1) is 25.5 Å². The van der Waals surface area contributed by atoms with Gasteiger partial charge >= 0.3 is 0 Å². The second kappa shape index (κ2) is 10.3. The fraction of sp³-hybridized carbons (Fsp3) is 0.609. The first-order valence-corrected chi connectivity index (χ1v) is 11.5. The van der Waals surface area contributed by atoms with Crippen LogP contribution in [0.25, 0.3) is 0 Å². The highest BCUT2D eigenvalue weighted by Gasteiger charge is 2.38. The Hall–Kier alpha value is -2.65. The molecule has 9 heteroatoms. The highest BCUT2D eigenvalue weighted by molar-refractivity contribution is 6.07. The zero-order chi connectivity index (χ0) is 22.5. The number of carbonyl (C=O) groups is 2. The van der Waals surface area contributed by atoms with E-state index in [1.54, 1.807) is 4.90 Å². The summed E-state index contributed by atoms with van der Waals surface area (Å²) >= 11 is 0. The van der Waals surface area contributed by atoms with E-state index in [0.717, 1.165) is 36.9 Å². The number of hydrogen-bond donors (Lipinski definition) is 3. The SMILES string of the molecule is O=C1NC2=Nc3ccc(OCCCC(=O)N(CCO)C4CCCCC4)cc3CN2C1CO. The van der Waals surface area contributed by atoms with Crippen LogP contribution >= 0.6 is 0 Å². The summed E-state index contributed by atoms with van der Waals surface area (Å²) in [6.45, 7) is 1.01. The molecule has 9 nitrogen and oxygen atoms in total. The fourth-order valence-corrected chi connectivity index (χ4v) is 4.77. The van der Waals surface area contributed by atoms with Gasteiger partial charge < -0.3 is 24.7 Å². The molecule has 1 aromatic rings. The molecular formula is C23H32N4O5. The van der Waals surface area contributed by atoms with Crippen molar-refractivity contribution in [2.75, 3.05) is 26.4 Å². The van der Waals surface area contributed by atoms with Gasteiger partial charge in [-0.15, -0.1) is 0 Å². The zero-order valence-corrected chi connectivity index (χ0v) is 18.3. The molecule has 0 spiro atoms. The minimum Gasteiger partial charge on any atom is -0.494 e. The predicted octanol–water partition coefficient (Wildman–Crippen LogP) is 1.29. The van der Waals surface area contributed by atoms with E-state index in [0.29, 0.717) is 44.2 Å². The number of rotatable bonds is 9. The van der Waals surface area contributed by atoms with Crippen molar-refractivity contribution in [3.63, 3.8) is 0 Å². The number of aliphatic hydroxyl groups is 2. The average molecular weight is 445 g/mol. The molecule has 1 aliphatic carbocycles. The highest BCUT2D eigenvalue weighted by atomic mass is 16.5. The van der Waals surface area contributed by atoms with Crippen LogP contribution in [0.5, 0.6) is 5.75 Å². The number of nitrogens with zero attached hydrogens (tertiary/aromatic N) is 3. The van der Waals surface area contributed by atoms with Gasteiger partial charge in [-0.1, -0.05) is 19.3 Å². The third-order valence-corrected chi connectivity index (χ3v) is 6.46. The first kappa shape index (κ1) is 22.5. The van der Waals surface area contributed by atoms with E-state index in [1.165, 1.54) is 6.42 Å². The average Bonchev–Trinajstić information content (AvgIpc) is 3.12. The molecule has 3 N–H and O–H groups in total. The van der Waals surface area contributed by atoms with Gasteiger partial charge in [-0.05, 0) is 37.5 Å². The number of aliphatic imine (C=N–C) groups is 1. The van der Waals surface area contributed by atoms with E-state index in [9.17, 15) is 19.8 Å². The molecule has 3 aliphatic rings. The normalized spacial score (nSPS) is 20.3. The summed E-state index contributed by atoms with van der Waals surface area (Å²) in [6.07, 6.45) is 6.57. The molecule has 174 valence electrons. The monoisotopic (exact) mass is 444 g/mol. The Balaban J connectivity index is 1.29. The summed E-state index contributed by atoms with van der Waals surface area (Å²) in [5.41, 5.74) is 1.69. The first-order chi connectivity index (χ1) is 15.6. The van der Waals surface area contributed by atoms with Crippen LogP contribution in [-0.4, -0.2) is 76.2 Å². The van der Waals surface area contributed by atoms with E-state index in [-0.39, 0.29) is 31.1 Å². The van der Waals surface area contributed by atoms with E-state index in [2.05, 4.69) is 10.3 Å². The smallest absolute Gasteiger partial charge is 0.251 e. The van der Waals surface area contributed by atoms with E-state index in [1.807, 2.05) is 23.1 Å². The maximum absolute atomic E-state index is 12.7. The quantitative estimate of drug-likeness (QED) is 0.495. The second-order valence-electron chi connectivity index (χ2n) is 8.60. The summed E-state index contributed by atoms with van der Waals surface area (Å²) < 4.78 is 5.87. The van der Waals surface area contributed by atoms with Crippen LogP contribution in [0, 0.1) is 0 Å². The van der Waals surface area contributed by atoms with E-state index in [4.69, 9.17) is 4.74 Å². The minimum absolute atomic E-state index is 0.00661. The van der Waals surface area contributed by atoms with Crippen LogP contribution in [0.15, 0.2) is 23.2 Å². The Labute approximate surface area is 188 Å². The molecule has 4 rings (SSSR count). The van der Waals surface area contributed by atoms with Crippen molar-refractivity contribution >= 4 is 23.5 Å². The largest absolute Gasteiger partial charge is 0.494 e. The third kappa shape index (κ3) is 4.88. The maximum atomic E-state index is 12.7. The number of guanidine groups is 1. The Kier molecular flexibility index (Phi) is 7.26. The molecule has 0 bridgehead atoms. The Bertz CT molecular complexity index is 868. The van der Waals surface area contributed by atoms with Crippen molar-refractivity contribution in [2.45, 2.75) is 63.6 Å². The van der Waals surface area contributed by atoms with Gasteiger partial charge in [0, 0.05) is 31.1 Å². The number of ether oxygens (including phenoxy) is 1. The molecule has 32 heavy (non-hydrogen) atoms. The standard InChI is InChI=1S/C23H32N4O5/c28-11-10-26(17-5-2-1-3-6-17)21(30)7-4-12-32-18-8-9-19-16(13-18)14-27-20(15-29)22(31)25-23(27)24-19/h8-9,13,17,20,28-29H,1-7,10-12,14-15H2,(H,24,25,31). The van der Waals surface area contributed by atoms with Crippen LogP contribution in [0.3, 0.4) is 0 Å². The molecule has 1 aromatic carbocycles. The second-order valence-corrected chi connectivity index (χ2v) is 8.60. The van der Waals surface area contributed by atoms with Gasteiger partial charge in [0.1, 0.15) is 11.8 Å². The lowest BCUT2D eigenvalue weighted by Gasteiger charge is -2.34. The summed E-state index contributed by atoms with van der Waals surface area (Å²) in [5.74, 6) is 0.999. The summed E-state index contributed by atoms with van der Waals surface area (Å²) in [4.78, 5) is 32.7. The molecule has 2 amide bonds. The zero-order valence-electron chi connectivity index (χ0n) is 18.3. The lowest BCUT2D eigenvalue weighted by Crippen LogP contribution is -2.43. The Morgan fingerprint density at radius 2 is 2.06 bits per heavy atom. The molecule has 1 saturated heterocycles. The Morgan fingerprint density at radius 1 is 1.25 bits per heavy atom. The summed E-state index contributed by atoms with van der Waals surface area (Å²) in [5, 5.41) is 21.6. The number of aliphatic hydroxyl groups excluding tert-OH is 2. The minimum atomic E-state index is -0.622. The molecule has 1 atom stereocenters. The summed E-state index contributed by atoms with van der Waals surface area (Å²) in [7, 11) is 0. The number of hydrogen-bond acceptors (Lipinski definition) is 7. The lowest BCUT2D eigenvalue weighted by atomic mass is 9.94. The molecule has 0 aromatic heterocycles. The van der Waals surface area contributed by atoms with Crippen molar-refractivity contribution in [3.05, 3.63) is 23.8 Å². The molecule has 2 heterocycles. The molecule has 2 aliphatic heterocycles. The van der Waals surface area contributed by atoms with Gasteiger partial charge in [-0.25, -0.2) is 4.99 Å². The molecule has 2 fully saturated rings. The van der Waals surface area contributed by atoms with E-state index >= 15 is 0 Å².